The third-order valence-electron chi connectivity index (χ3n) is 3.77. The van der Waals surface area contributed by atoms with Gasteiger partial charge in [0.1, 0.15) is 0 Å². The van der Waals surface area contributed by atoms with Crippen LogP contribution < -0.4 is 4.90 Å². The lowest BCUT2D eigenvalue weighted by Gasteiger charge is -2.27. The quantitative estimate of drug-likeness (QED) is 0.860. The Labute approximate surface area is 117 Å². The van der Waals surface area contributed by atoms with Crippen LogP contribution in [0.4, 0.5) is 5.69 Å². The Bertz CT molecular complexity index is 634. The van der Waals surface area contributed by atoms with Crippen molar-refractivity contribution in [2.45, 2.75) is 25.1 Å². The summed E-state index contributed by atoms with van der Waals surface area (Å²) in [6.07, 6.45) is 0. The molecule has 6 heteroatoms. The minimum absolute atomic E-state index is 0.0107. The third kappa shape index (κ3) is 2.07. The first kappa shape index (κ1) is 13.0. The molecule has 102 valence electrons. The number of para-hydroxylation sites is 1. The van der Waals surface area contributed by atoms with E-state index in [-0.39, 0.29) is 22.8 Å². The van der Waals surface area contributed by atoms with Crippen molar-refractivity contribution in [2.75, 3.05) is 16.4 Å². The van der Waals surface area contributed by atoms with Crippen LogP contribution in [0.5, 0.6) is 0 Å². The monoisotopic (exact) mass is 296 g/mol. The van der Waals surface area contributed by atoms with Crippen LogP contribution in [0, 0.1) is 19.3 Å². The second kappa shape index (κ2) is 4.24. The molecule has 2 heterocycles. The number of hydrogen-bond donors (Lipinski definition) is 1. The van der Waals surface area contributed by atoms with E-state index in [0.29, 0.717) is 5.17 Å². The molecule has 0 amide bonds. The molecule has 1 aromatic carbocycles. The van der Waals surface area contributed by atoms with Gasteiger partial charge < -0.3 is 4.90 Å². The van der Waals surface area contributed by atoms with Gasteiger partial charge >= 0.3 is 0 Å². The first-order valence-electron chi connectivity index (χ1n) is 6.20. The van der Waals surface area contributed by atoms with Crippen molar-refractivity contribution >= 4 is 32.5 Å². The molecule has 0 bridgehead atoms. The minimum atomic E-state index is -2.95. The molecule has 4 nitrogen and oxygen atoms in total. The van der Waals surface area contributed by atoms with Gasteiger partial charge in [-0.25, -0.2) is 8.42 Å². The van der Waals surface area contributed by atoms with Crippen LogP contribution in [0.25, 0.3) is 0 Å². The van der Waals surface area contributed by atoms with E-state index < -0.39 is 9.84 Å². The van der Waals surface area contributed by atoms with Crippen LogP contribution in [-0.4, -0.2) is 36.4 Å². The second-order valence-electron chi connectivity index (χ2n) is 5.22. The van der Waals surface area contributed by atoms with Crippen LogP contribution in [-0.2, 0) is 9.84 Å². The smallest absolute Gasteiger partial charge is 0.161 e. The minimum Gasteiger partial charge on any atom is -0.316 e. The first-order valence-corrected chi connectivity index (χ1v) is 8.90. The van der Waals surface area contributed by atoms with Crippen molar-refractivity contribution in [1.29, 1.82) is 5.41 Å². The molecular formula is C13H16N2O2S2. The molecule has 0 spiro atoms. The molecule has 2 fully saturated rings. The molecule has 0 saturated carbocycles. The van der Waals surface area contributed by atoms with Gasteiger partial charge in [0.2, 0.25) is 0 Å². The fourth-order valence-corrected chi connectivity index (χ4v) is 6.73. The largest absolute Gasteiger partial charge is 0.316 e. The molecule has 1 aromatic rings. The number of nitrogens with one attached hydrogen (secondary N) is 1. The van der Waals surface area contributed by atoms with E-state index in [2.05, 4.69) is 0 Å². The Morgan fingerprint density at radius 3 is 2.53 bits per heavy atom. The predicted molar refractivity (Wildman–Crippen MR) is 79.9 cm³/mol. The predicted octanol–water partition coefficient (Wildman–Crippen LogP) is 1.96. The van der Waals surface area contributed by atoms with Gasteiger partial charge in [0.15, 0.2) is 15.0 Å². The Morgan fingerprint density at radius 1 is 1.26 bits per heavy atom. The molecule has 0 aliphatic carbocycles. The number of sulfone groups is 1. The molecule has 0 unspecified atom stereocenters. The van der Waals surface area contributed by atoms with Gasteiger partial charge in [-0.15, -0.1) is 0 Å². The Kier molecular flexibility index (Phi) is 2.90. The van der Waals surface area contributed by atoms with Crippen molar-refractivity contribution < 1.29 is 8.42 Å². The van der Waals surface area contributed by atoms with Crippen LogP contribution in [0.2, 0.25) is 0 Å². The fourth-order valence-electron chi connectivity index (χ4n) is 2.95. The molecule has 2 aliphatic heterocycles. The van der Waals surface area contributed by atoms with Gasteiger partial charge in [-0.3, -0.25) is 5.41 Å². The van der Waals surface area contributed by atoms with Crippen molar-refractivity contribution in [3.05, 3.63) is 29.3 Å². The standard InChI is InChI=1S/C13H16N2O2S2/c1-8-4-3-5-9(2)12(8)15-10-6-19(16,17)7-11(10)18-13(15)14/h3-5,10-11,14H,6-7H2,1-2H3/t10-,11+/m1/s1. The SMILES string of the molecule is Cc1cccc(C)c1N1C(=N)S[C@H]2CS(=O)(=O)C[C@H]21. The number of aryl methyl sites for hydroxylation is 2. The molecule has 0 radical (unpaired) electrons. The lowest BCUT2D eigenvalue weighted by Crippen LogP contribution is -2.38. The maximum atomic E-state index is 11.8. The molecule has 1 N–H and O–H groups in total. The molecule has 0 aromatic heterocycles. The van der Waals surface area contributed by atoms with Crippen LogP contribution in [0.15, 0.2) is 18.2 Å². The van der Waals surface area contributed by atoms with E-state index in [1.54, 1.807) is 0 Å². The highest BCUT2D eigenvalue weighted by Gasteiger charge is 2.49. The van der Waals surface area contributed by atoms with Crippen molar-refractivity contribution in [3.63, 3.8) is 0 Å². The topological polar surface area (TPSA) is 61.2 Å². The van der Waals surface area contributed by atoms with Crippen LogP contribution in [0.3, 0.4) is 0 Å². The maximum Gasteiger partial charge on any atom is 0.161 e. The van der Waals surface area contributed by atoms with Crippen LogP contribution >= 0.6 is 11.8 Å². The molecule has 2 atom stereocenters. The third-order valence-corrected chi connectivity index (χ3v) is 6.90. The number of benzene rings is 1. The maximum absolute atomic E-state index is 11.8. The van der Waals surface area contributed by atoms with Crippen molar-refractivity contribution in [2.24, 2.45) is 0 Å². The highest BCUT2D eigenvalue weighted by Crippen LogP contribution is 2.42. The zero-order valence-corrected chi connectivity index (χ0v) is 12.5. The van der Waals surface area contributed by atoms with Crippen molar-refractivity contribution in [1.82, 2.24) is 0 Å². The summed E-state index contributed by atoms with van der Waals surface area (Å²) in [6, 6.07) is 5.93. The summed E-state index contributed by atoms with van der Waals surface area (Å²) >= 11 is 1.39. The molecular weight excluding hydrogens is 280 g/mol. The number of thioether (sulfide) groups is 1. The van der Waals surface area contributed by atoms with E-state index in [1.165, 1.54) is 11.8 Å². The lowest BCUT2D eigenvalue weighted by molar-refractivity contribution is 0.601. The highest BCUT2D eigenvalue weighted by molar-refractivity contribution is 8.15. The normalized spacial score (nSPS) is 28.7. The molecule has 2 aliphatic rings. The van der Waals surface area contributed by atoms with Gasteiger partial charge in [0.05, 0.1) is 17.5 Å². The Balaban J connectivity index is 2.07. The summed E-state index contributed by atoms with van der Waals surface area (Å²) in [4.78, 5) is 1.92. The lowest BCUT2D eigenvalue weighted by atomic mass is 10.1. The summed E-state index contributed by atoms with van der Waals surface area (Å²) in [5, 5.41) is 8.64. The zero-order chi connectivity index (χ0) is 13.8. The second-order valence-corrected chi connectivity index (χ2v) is 8.60. The Hall–Kier alpha value is -1.01. The Morgan fingerprint density at radius 2 is 1.89 bits per heavy atom. The number of anilines is 1. The van der Waals surface area contributed by atoms with Gasteiger partial charge in [-0.1, -0.05) is 30.0 Å². The highest BCUT2D eigenvalue weighted by atomic mass is 32.2. The van der Waals surface area contributed by atoms with Crippen LogP contribution in [0.1, 0.15) is 11.1 Å². The molecule has 2 saturated heterocycles. The number of hydrogen-bond acceptors (Lipinski definition) is 4. The van der Waals surface area contributed by atoms with Crippen molar-refractivity contribution in [3.8, 4) is 0 Å². The van der Waals surface area contributed by atoms with E-state index in [0.717, 1.165) is 16.8 Å². The number of rotatable bonds is 1. The molecule has 3 rings (SSSR count). The molecule has 19 heavy (non-hydrogen) atoms. The summed E-state index contributed by atoms with van der Waals surface area (Å²) in [6.45, 7) is 4.02. The summed E-state index contributed by atoms with van der Waals surface area (Å²) in [5.74, 6) is 0.368. The number of nitrogens with zero attached hydrogens (tertiary/aromatic N) is 1. The van der Waals surface area contributed by atoms with E-state index in [4.69, 9.17) is 5.41 Å². The number of amidine groups is 1. The number of fused-ring (bicyclic) bond motifs is 1. The average molecular weight is 296 g/mol. The van der Waals surface area contributed by atoms with Gasteiger partial charge in [-0.2, -0.15) is 0 Å². The van der Waals surface area contributed by atoms with Gasteiger partial charge in [-0.05, 0) is 25.0 Å². The van der Waals surface area contributed by atoms with E-state index in [9.17, 15) is 8.42 Å². The zero-order valence-electron chi connectivity index (χ0n) is 10.9. The van der Waals surface area contributed by atoms with E-state index in [1.807, 2.05) is 36.9 Å². The first-order chi connectivity index (χ1) is 8.89. The van der Waals surface area contributed by atoms with Gasteiger partial charge in [0.25, 0.3) is 0 Å². The summed E-state index contributed by atoms with van der Waals surface area (Å²) in [7, 11) is -2.95. The average Bonchev–Trinajstić information content (AvgIpc) is 2.71. The fraction of sp³-hybridized carbons (Fsp3) is 0.462. The summed E-state index contributed by atoms with van der Waals surface area (Å²) in [5.41, 5.74) is 3.19. The summed E-state index contributed by atoms with van der Waals surface area (Å²) < 4.78 is 23.6. The van der Waals surface area contributed by atoms with E-state index >= 15 is 0 Å². The van der Waals surface area contributed by atoms with Gasteiger partial charge in [0, 0.05) is 10.9 Å².